The van der Waals surface area contributed by atoms with E-state index in [2.05, 4.69) is 0 Å². The highest BCUT2D eigenvalue weighted by Gasteiger charge is 2.40. The fourth-order valence-electron chi connectivity index (χ4n) is 2.08. The highest BCUT2D eigenvalue weighted by atomic mass is 127. The maximum absolute atomic E-state index is 12.9. The molecular weight excluding hydrogens is 387 g/mol. The second-order valence-corrected chi connectivity index (χ2v) is 5.62. The molecule has 106 valence electrons. The first-order valence-corrected chi connectivity index (χ1v) is 6.26. The summed E-state index contributed by atoms with van der Waals surface area (Å²) in [6.45, 7) is 0.477. The van der Waals surface area contributed by atoms with Gasteiger partial charge in [0.1, 0.15) is 0 Å². The number of fused-ring (bicyclic) bond motifs is 1. The van der Waals surface area contributed by atoms with Gasteiger partial charge in [0, 0.05) is 36.0 Å². The van der Waals surface area contributed by atoms with Crippen molar-refractivity contribution in [1.82, 2.24) is 3.11 Å². The molecule has 0 saturated carbocycles. The van der Waals surface area contributed by atoms with Crippen molar-refractivity contribution in [2.45, 2.75) is 25.3 Å². The fourth-order valence-corrected chi connectivity index (χ4v) is 2.69. The molecule has 0 radical (unpaired) electrons. The highest BCUT2D eigenvalue weighted by molar-refractivity contribution is 14.1. The summed E-state index contributed by atoms with van der Waals surface area (Å²) < 4.78 is 78.2. The molecule has 0 saturated heterocycles. The van der Waals surface area contributed by atoms with Crippen LogP contribution in [0.1, 0.15) is 22.3 Å². The molecular formula is C11H8F6IN. The van der Waals surface area contributed by atoms with Gasteiger partial charge in [-0.15, -0.1) is 0 Å². The molecule has 19 heavy (non-hydrogen) atoms. The van der Waals surface area contributed by atoms with Crippen LogP contribution in [0.15, 0.2) is 12.1 Å². The summed E-state index contributed by atoms with van der Waals surface area (Å²) in [7, 11) is 0. The minimum absolute atomic E-state index is 0.0200. The van der Waals surface area contributed by atoms with Crippen molar-refractivity contribution in [2.75, 3.05) is 6.54 Å². The average Bonchev–Trinajstić information content (AvgIpc) is 2.24. The first-order valence-electron chi connectivity index (χ1n) is 5.30. The van der Waals surface area contributed by atoms with Gasteiger partial charge in [-0.1, -0.05) is 0 Å². The van der Waals surface area contributed by atoms with Crippen LogP contribution in [-0.4, -0.2) is 9.66 Å². The number of halogens is 7. The first-order chi connectivity index (χ1) is 8.59. The standard InChI is InChI=1S/C11H8F6IN/c12-10(13,14)7-3-6-5-19(18)2-1-8(6)9(4-7)11(15,16)17/h3-4H,1-2,5H2. The van der Waals surface area contributed by atoms with Crippen LogP contribution in [-0.2, 0) is 25.3 Å². The van der Waals surface area contributed by atoms with Crippen molar-refractivity contribution in [3.63, 3.8) is 0 Å². The highest BCUT2D eigenvalue weighted by Crippen LogP contribution is 2.40. The predicted octanol–water partition coefficient (Wildman–Crippen LogP) is 4.43. The SMILES string of the molecule is FC(F)(F)c1cc2c(c(C(F)(F)F)c1)CCN(I)C2. The van der Waals surface area contributed by atoms with Crippen molar-refractivity contribution < 1.29 is 26.3 Å². The Balaban J connectivity index is 2.62. The summed E-state index contributed by atoms with van der Waals surface area (Å²) in [5.41, 5.74) is -2.33. The molecule has 0 bridgehead atoms. The van der Waals surface area contributed by atoms with Gasteiger partial charge in [0.15, 0.2) is 0 Å². The third-order valence-electron chi connectivity index (χ3n) is 2.92. The Morgan fingerprint density at radius 2 is 1.63 bits per heavy atom. The van der Waals surface area contributed by atoms with Gasteiger partial charge in [0.2, 0.25) is 0 Å². The lowest BCUT2D eigenvalue weighted by Crippen LogP contribution is -2.26. The van der Waals surface area contributed by atoms with E-state index < -0.39 is 23.5 Å². The number of rotatable bonds is 0. The van der Waals surface area contributed by atoms with Crippen LogP contribution in [0.4, 0.5) is 26.3 Å². The third kappa shape index (κ3) is 3.15. The van der Waals surface area contributed by atoms with E-state index in [4.69, 9.17) is 0 Å². The molecule has 0 N–H and O–H groups in total. The van der Waals surface area contributed by atoms with Crippen molar-refractivity contribution in [3.8, 4) is 0 Å². The molecule has 0 aliphatic carbocycles. The van der Waals surface area contributed by atoms with Gasteiger partial charge in [-0.2, -0.15) is 26.3 Å². The number of benzene rings is 1. The molecule has 1 aromatic carbocycles. The van der Waals surface area contributed by atoms with Gasteiger partial charge in [-0.3, -0.25) is 0 Å². The largest absolute Gasteiger partial charge is 0.416 e. The topological polar surface area (TPSA) is 3.24 Å². The molecule has 0 aromatic heterocycles. The number of alkyl halides is 6. The molecule has 1 aromatic rings. The molecule has 8 heteroatoms. The maximum atomic E-state index is 12.9. The normalized spacial score (nSPS) is 17.4. The molecule has 1 heterocycles. The van der Waals surface area contributed by atoms with Crippen LogP contribution in [0.3, 0.4) is 0 Å². The fraction of sp³-hybridized carbons (Fsp3) is 0.455. The van der Waals surface area contributed by atoms with Crippen LogP contribution in [0, 0.1) is 0 Å². The molecule has 0 atom stereocenters. The average molecular weight is 395 g/mol. The summed E-state index contributed by atoms with van der Waals surface area (Å²) in [5, 5.41) is 0. The number of hydrogen-bond acceptors (Lipinski definition) is 1. The van der Waals surface area contributed by atoms with E-state index in [1.807, 2.05) is 22.9 Å². The number of hydrogen-bond donors (Lipinski definition) is 0. The Hall–Kier alpha value is -0.510. The molecule has 1 aliphatic heterocycles. The van der Waals surface area contributed by atoms with Crippen LogP contribution in [0.5, 0.6) is 0 Å². The summed E-state index contributed by atoms with van der Waals surface area (Å²) >= 11 is 1.89. The summed E-state index contributed by atoms with van der Waals surface area (Å²) in [6.07, 6.45) is -9.44. The van der Waals surface area contributed by atoms with Crippen molar-refractivity contribution in [3.05, 3.63) is 34.4 Å². The van der Waals surface area contributed by atoms with Crippen LogP contribution < -0.4 is 0 Å². The van der Waals surface area contributed by atoms with E-state index in [9.17, 15) is 26.3 Å². The Morgan fingerprint density at radius 3 is 2.16 bits per heavy atom. The summed E-state index contributed by atoms with van der Waals surface area (Å²) in [5.74, 6) is 0. The molecule has 2 rings (SSSR count). The van der Waals surface area contributed by atoms with E-state index in [-0.39, 0.29) is 30.2 Å². The minimum atomic E-state index is -4.78. The van der Waals surface area contributed by atoms with E-state index in [1.165, 1.54) is 0 Å². The Labute approximate surface area is 119 Å². The van der Waals surface area contributed by atoms with Crippen molar-refractivity contribution >= 4 is 22.9 Å². The second-order valence-electron chi connectivity index (χ2n) is 4.25. The van der Waals surface area contributed by atoms with Crippen LogP contribution in [0.2, 0.25) is 0 Å². The molecule has 0 spiro atoms. The molecule has 1 aliphatic rings. The zero-order valence-corrected chi connectivity index (χ0v) is 11.5. The van der Waals surface area contributed by atoms with E-state index in [0.29, 0.717) is 6.54 Å². The van der Waals surface area contributed by atoms with E-state index >= 15 is 0 Å². The van der Waals surface area contributed by atoms with Gasteiger partial charge in [-0.05, 0) is 29.7 Å². The smallest absolute Gasteiger partial charge is 0.243 e. The third-order valence-corrected chi connectivity index (χ3v) is 3.74. The van der Waals surface area contributed by atoms with Gasteiger partial charge in [-0.25, -0.2) is 3.11 Å². The lowest BCUT2D eigenvalue weighted by Gasteiger charge is -2.27. The van der Waals surface area contributed by atoms with Gasteiger partial charge >= 0.3 is 12.4 Å². The monoisotopic (exact) mass is 395 g/mol. The summed E-state index contributed by atoms with van der Waals surface area (Å²) in [4.78, 5) is 0. The predicted molar refractivity (Wildman–Crippen MR) is 64.6 cm³/mol. The van der Waals surface area contributed by atoms with E-state index in [0.717, 1.165) is 6.07 Å². The first kappa shape index (κ1) is 14.9. The Kier molecular flexibility index (Phi) is 3.76. The lowest BCUT2D eigenvalue weighted by atomic mass is 9.92. The zero-order valence-electron chi connectivity index (χ0n) is 9.37. The molecule has 0 unspecified atom stereocenters. The number of nitrogens with zero attached hydrogens (tertiary/aromatic N) is 1. The lowest BCUT2D eigenvalue weighted by molar-refractivity contribution is -0.143. The van der Waals surface area contributed by atoms with Crippen LogP contribution in [0.25, 0.3) is 0 Å². The Morgan fingerprint density at radius 1 is 1.00 bits per heavy atom. The second kappa shape index (κ2) is 4.80. The molecule has 1 nitrogen and oxygen atoms in total. The van der Waals surface area contributed by atoms with Crippen LogP contribution >= 0.6 is 22.9 Å². The zero-order chi connectivity index (χ0) is 14.4. The molecule has 0 amide bonds. The Bertz CT molecular complexity index is 493. The van der Waals surface area contributed by atoms with Crippen molar-refractivity contribution in [1.29, 1.82) is 0 Å². The maximum Gasteiger partial charge on any atom is 0.416 e. The van der Waals surface area contributed by atoms with Gasteiger partial charge < -0.3 is 0 Å². The minimum Gasteiger partial charge on any atom is -0.243 e. The van der Waals surface area contributed by atoms with Crippen molar-refractivity contribution in [2.24, 2.45) is 0 Å². The molecule has 0 fully saturated rings. The summed E-state index contributed by atoms with van der Waals surface area (Å²) in [6, 6.07) is 1.02. The van der Waals surface area contributed by atoms with Gasteiger partial charge in [0.25, 0.3) is 0 Å². The van der Waals surface area contributed by atoms with Gasteiger partial charge in [0.05, 0.1) is 11.1 Å². The van der Waals surface area contributed by atoms with E-state index in [1.54, 1.807) is 3.11 Å². The quantitative estimate of drug-likeness (QED) is 0.357.